The molecule has 0 atom stereocenters. The second kappa shape index (κ2) is 7.21. The molecule has 0 bridgehead atoms. The van der Waals surface area contributed by atoms with E-state index in [0.717, 1.165) is 12.8 Å². The number of rotatable bonds is 7. The van der Waals surface area contributed by atoms with Gasteiger partial charge in [-0.3, -0.25) is 9.59 Å². The zero-order valence-corrected chi connectivity index (χ0v) is 10.2. The van der Waals surface area contributed by atoms with Gasteiger partial charge in [0.15, 0.2) is 11.6 Å². The van der Waals surface area contributed by atoms with Crippen molar-refractivity contribution >= 4 is 11.6 Å². The van der Waals surface area contributed by atoms with E-state index in [4.69, 9.17) is 0 Å². The molecule has 0 aliphatic carbocycles. The molecule has 3 heteroatoms. The summed E-state index contributed by atoms with van der Waals surface area (Å²) in [4.78, 5) is 25.1. The van der Waals surface area contributed by atoms with Crippen LogP contribution in [0.25, 0.3) is 0 Å². The summed E-state index contributed by atoms with van der Waals surface area (Å²) in [5.74, 6) is -0.0747. The topological polar surface area (TPSA) is 37.4 Å². The number of allylic oxidation sites excluding steroid dienone is 1. The minimum atomic E-state index is -0.0374. The fourth-order valence-corrected chi connectivity index (χ4v) is 1.28. The lowest BCUT2D eigenvalue weighted by Crippen LogP contribution is -2.16. The minimum absolute atomic E-state index is 0.0374. The van der Waals surface area contributed by atoms with Crippen LogP contribution >= 0.6 is 0 Å². The molecule has 0 amide bonds. The van der Waals surface area contributed by atoms with Crippen LogP contribution < -0.4 is 0 Å². The molecule has 3 nitrogen and oxygen atoms in total. The maximum absolute atomic E-state index is 11.7. The van der Waals surface area contributed by atoms with Gasteiger partial charge in [-0.2, -0.15) is 0 Å². The Balaban J connectivity index is 4.73. The summed E-state index contributed by atoms with van der Waals surface area (Å²) in [6.45, 7) is 3.88. The largest absolute Gasteiger partial charge is 0.383 e. The van der Waals surface area contributed by atoms with Crippen LogP contribution in [-0.2, 0) is 9.59 Å². The standard InChI is InChI=1S/C12H21NO2/c1-5-7-11(14)10(9-13(3)4)12(15)8-6-2/h9H,5-8H2,1-4H3. The molecule has 0 N–H and O–H groups in total. The molecule has 0 radical (unpaired) electrons. The molecular weight excluding hydrogens is 190 g/mol. The van der Waals surface area contributed by atoms with Crippen LogP contribution in [0.3, 0.4) is 0 Å². The zero-order valence-electron chi connectivity index (χ0n) is 10.2. The summed E-state index contributed by atoms with van der Waals surface area (Å²) in [5.41, 5.74) is 0.351. The third-order valence-corrected chi connectivity index (χ3v) is 1.94. The molecule has 0 aromatic rings. The van der Waals surface area contributed by atoms with E-state index in [0.29, 0.717) is 18.4 Å². The molecule has 15 heavy (non-hydrogen) atoms. The van der Waals surface area contributed by atoms with E-state index in [1.54, 1.807) is 11.1 Å². The van der Waals surface area contributed by atoms with Gasteiger partial charge in [0.2, 0.25) is 0 Å². The van der Waals surface area contributed by atoms with E-state index >= 15 is 0 Å². The van der Waals surface area contributed by atoms with Gasteiger partial charge in [0.05, 0.1) is 5.57 Å². The summed E-state index contributed by atoms with van der Waals surface area (Å²) in [6.07, 6.45) is 4.10. The Hall–Kier alpha value is -1.12. The first-order chi connectivity index (χ1) is 7.02. The predicted molar refractivity (Wildman–Crippen MR) is 61.6 cm³/mol. The van der Waals surface area contributed by atoms with Gasteiger partial charge in [-0.15, -0.1) is 0 Å². The van der Waals surface area contributed by atoms with Gasteiger partial charge in [-0.05, 0) is 12.8 Å². The normalized spacial score (nSPS) is 9.60. The average Bonchev–Trinajstić information content (AvgIpc) is 2.14. The first kappa shape index (κ1) is 13.9. The predicted octanol–water partition coefficient (Wildman–Crippen LogP) is 2.17. The number of hydrogen-bond donors (Lipinski definition) is 0. The summed E-state index contributed by atoms with van der Waals surface area (Å²) < 4.78 is 0. The third-order valence-electron chi connectivity index (χ3n) is 1.94. The highest BCUT2D eigenvalue weighted by Crippen LogP contribution is 2.08. The van der Waals surface area contributed by atoms with Crippen molar-refractivity contribution in [2.75, 3.05) is 14.1 Å². The summed E-state index contributed by atoms with van der Waals surface area (Å²) in [7, 11) is 3.64. The lowest BCUT2D eigenvalue weighted by molar-refractivity contribution is -0.121. The number of Topliss-reactive ketones (excluding diaryl/α,β-unsaturated/α-hetero) is 2. The summed E-state index contributed by atoms with van der Waals surface area (Å²) in [6, 6.07) is 0. The molecule has 0 spiro atoms. The van der Waals surface area contributed by atoms with Crippen molar-refractivity contribution in [3.05, 3.63) is 11.8 Å². The molecule has 0 aliphatic heterocycles. The van der Waals surface area contributed by atoms with Crippen LogP contribution in [0.1, 0.15) is 39.5 Å². The molecule has 0 fully saturated rings. The molecule has 0 aromatic carbocycles. The molecule has 0 saturated carbocycles. The lowest BCUT2D eigenvalue weighted by atomic mass is 10.0. The van der Waals surface area contributed by atoms with Crippen molar-refractivity contribution in [3.63, 3.8) is 0 Å². The molecular formula is C12H21NO2. The molecule has 0 aromatic heterocycles. The summed E-state index contributed by atoms with van der Waals surface area (Å²) >= 11 is 0. The Labute approximate surface area is 92.1 Å². The summed E-state index contributed by atoms with van der Waals surface area (Å²) in [5, 5.41) is 0. The Bertz CT molecular complexity index is 234. The third kappa shape index (κ3) is 5.35. The number of hydrogen-bond acceptors (Lipinski definition) is 3. The van der Waals surface area contributed by atoms with Gasteiger partial charge >= 0.3 is 0 Å². The highest BCUT2D eigenvalue weighted by molar-refractivity contribution is 6.19. The quantitative estimate of drug-likeness (QED) is 0.368. The maximum Gasteiger partial charge on any atom is 0.167 e. The number of carbonyl (C=O) groups excluding carboxylic acids is 2. The fourth-order valence-electron chi connectivity index (χ4n) is 1.28. The van der Waals surface area contributed by atoms with Gasteiger partial charge in [0, 0.05) is 33.1 Å². The van der Waals surface area contributed by atoms with E-state index in [1.807, 2.05) is 27.9 Å². The van der Waals surface area contributed by atoms with E-state index in [9.17, 15) is 9.59 Å². The SMILES string of the molecule is CCCC(=O)C(=CN(C)C)C(=O)CCC. The number of carbonyl (C=O) groups is 2. The second-order valence-corrected chi connectivity index (χ2v) is 3.85. The second-order valence-electron chi connectivity index (χ2n) is 3.85. The molecule has 0 heterocycles. The van der Waals surface area contributed by atoms with Gasteiger partial charge in [0.25, 0.3) is 0 Å². The van der Waals surface area contributed by atoms with Gasteiger partial charge in [0.1, 0.15) is 0 Å². The van der Waals surface area contributed by atoms with Crippen molar-refractivity contribution < 1.29 is 9.59 Å². The van der Waals surface area contributed by atoms with Crippen LogP contribution in [-0.4, -0.2) is 30.6 Å². The van der Waals surface area contributed by atoms with Crippen molar-refractivity contribution in [1.29, 1.82) is 0 Å². The van der Waals surface area contributed by atoms with Gasteiger partial charge < -0.3 is 4.90 Å². The van der Waals surface area contributed by atoms with Gasteiger partial charge in [-0.1, -0.05) is 13.8 Å². The average molecular weight is 211 g/mol. The van der Waals surface area contributed by atoms with Crippen LogP contribution in [0.5, 0.6) is 0 Å². The van der Waals surface area contributed by atoms with Crippen molar-refractivity contribution in [2.45, 2.75) is 39.5 Å². The van der Waals surface area contributed by atoms with E-state index < -0.39 is 0 Å². The van der Waals surface area contributed by atoms with Crippen molar-refractivity contribution in [2.24, 2.45) is 0 Å². The highest BCUT2D eigenvalue weighted by atomic mass is 16.1. The van der Waals surface area contributed by atoms with E-state index in [1.165, 1.54) is 0 Å². The number of nitrogens with zero attached hydrogens (tertiary/aromatic N) is 1. The van der Waals surface area contributed by atoms with Crippen LogP contribution in [0.4, 0.5) is 0 Å². The molecule has 0 unspecified atom stereocenters. The van der Waals surface area contributed by atoms with Crippen LogP contribution in [0, 0.1) is 0 Å². The maximum atomic E-state index is 11.7. The molecule has 0 rings (SSSR count). The molecule has 0 saturated heterocycles. The van der Waals surface area contributed by atoms with Crippen molar-refractivity contribution in [3.8, 4) is 0 Å². The van der Waals surface area contributed by atoms with E-state index in [-0.39, 0.29) is 11.6 Å². The lowest BCUT2D eigenvalue weighted by Gasteiger charge is -2.09. The van der Waals surface area contributed by atoms with Crippen molar-refractivity contribution in [1.82, 2.24) is 4.90 Å². The van der Waals surface area contributed by atoms with Crippen LogP contribution in [0.15, 0.2) is 11.8 Å². The van der Waals surface area contributed by atoms with E-state index in [2.05, 4.69) is 0 Å². The first-order valence-corrected chi connectivity index (χ1v) is 5.47. The first-order valence-electron chi connectivity index (χ1n) is 5.47. The minimum Gasteiger partial charge on any atom is -0.383 e. The molecule has 0 aliphatic rings. The number of ketones is 2. The Morgan fingerprint density at radius 1 is 1.00 bits per heavy atom. The monoisotopic (exact) mass is 211 g/mol. The van der Waals surface area contributed by atoms with Gasteiger partial charge in [-0.25, -0.2) is 0 Å². The van der Waals surface area contributed by atoms with Crippen LogP contribution in [0.2, 0.25) is 0 Å². The molecule has 86 valence electrons. The fraction of sp³-hybridized carbons (Fsp3) is 0.667. The smallest absolute Gasteiger partial charge is 0.167 e. The highest BCUT2D eigenvalue weighted by Gasteiger charge is 2.16. The Morgan fingerprint density at radius 3 is 1.67 bits per heavy atom. The zero-order chi connectivity index (χ0) is 11.8. The Kier molecular flexibility index (Phi) is 6.67. The Morgan fingerprint density at radius 2 is 1.40 bits per heavy atom.